The summed E-state index contributed by atoms with van der Waals surface area (Å²) in [4.78, 5) is 20.9. The minimum atomic E-state index is -4.63. The quantitative estimate of drug-likeness (QED) is 0.922. The van der Waals surface area contributed by atoms with Crippen LogP contribution in [0.1, 0.15) is 31.3 Å². The number of rotatable bonds is 3. The first-order valence-electron chi connectivity index (χ1n) is 7.64. The molecule has 1 aliphatic rings. The summed E-state index contributed by atoms with van der Waals surface area (Å²) in [5.41, 5.74) is 0.533. The minimum Gasteiger partial charge on any atom is -0.365 e. The van der Waals surface area contributed by atoms with E-state index in [0.29, 0.717) is 31.0 Å². The van der Waals surface area contributed by atoms with Gasteiger partial charge in [-0.3, -0.25) is 4.79 Å². The molecule has 2 aromatic heterocycles. The fourth-order valence-electron chi connectivity index (χ4n) is 2.75. The van der Waals surface area contributed by atoms with Gasteiger partial charge in [-0.05, 0) is 13.3 Å². The number of alkyl halides is 3. The van der Waals surface area contributed by atoms with Gasteiger partial charge in [0, 0.05) is 37.3 Å². The van der Waals surface area contributed by atoms with Crippen molar-refractivity contribution in [2.75, 3.05) is 18.4 Å². The Labute approximate surface area is 135 Å². The van der Waals surface area contributed by atoms with Crippen LogP contribution in [0.25, 0.3) is 5.78 Å². The van der Waals surface area contributed by atoms with Crippen molar-refractivity contribution in [2.24, 2.45) is 0 Å². The molecule has 1 atom stereocenters. The van der Waals surface area contributed by atoms with Gasteiger partial charge in [-0.15, -0.1) is 5.10 Å². The number of likely N-dealkylation sites (tertiary alicyclic amines) is 1. The Morgan fingerprint density at radius 3 is 2.83 bits per heavy atom. The lowest BCUT2D eigenvalue weighted by molar-refractivity contribution is -0.144. The molecule has 0 radical (unpaired) electrons. The van der Waals surface area contributed by atoms with Gasteiger partial charge in [0.15, 0.2) is 0 Å². The Hall–Kier alpha value is -2.39. The molecule has 3 rings (SSSR count). The third kappa shape index (κ3) is 3.13. The van der Waals surface area contributed by atoms with E-state index in [1.165, 1.54) is 0 Å². The van der Waals surface area contributed by atoms with E-state index in [2.05, 4.69) is 20.4 Å². The molecule has 1 aliphatic heterocycles. The molecule has 3 heterocycles. The number of nitrogens with zero attached hydrogens (tertiary/aromatic N) is 5. The molecule has 0 bridgehead atoms. The lowest BCUT2D eigenvalue weighted by Crippen LogP contribution is -2.31. The molecule has 1 amide bonds. The first kappa shape index (κ1) is 16.5. The molecular formula is C14H17F3N6O. The minimum absolute atomic E-state index is 0.0518. The van der Waals surface area contributed by atoms with Crippen LogP contribution in [-0.4, -0.2) is 49.5 Å². The van der Waals surface area contributed by atoms with Crippen LogP contribution in [0.2, 0.25) is 0 Å². The average molecular weight is 342 g/mol. The second-order valence-corrected chi connectivity index (χ2v) is 5.75. The summed E-state index contributed by atoms with van der Waals surface area (Å²) in [5.74, 6) is -0.881. The highest BCUT2D eigenvalue weighted by atomic mass is 19.4. The number of fused-ring (bicyclic) bond motifs is 1. The molecule has 24 heavy (non-hydrogen) atoms. The van der Waals surface area contributed by atoms with Gasteiger partial charge in [0.05, 0.1) is 0 Å². The molecule has 1 saturated heterocycles. The van der Waals surface area contributed by atoms with Crippen LogP contribution in [-0.2, 0) is 11.0 Å². The van der Waals surface area contributed by atoms with Crippen molar-refractivity contribution >= 4 is 17.5 Å². The number of hydrogen-bond donors (Lipinski definition) is 1. The van der Waals surface area contributed by atoms with Crippen LogP contribution in [0.5, 0.6) is 0 Å². The highest BCUT2D eigenvalue weighted by Gasteiger charge is 2.37. The number of halogens is 3. The van der Waals surface area contributed by atoms with E-state index in [-0.39, 0.29) is 17.7 Å². The number of carbonyl (C=O) groups excluding carboxylic acids is 1. The predicted octanol–water partition coefficient (Wildman–Crippen LogP) is 1.87. The maximum absolute atomic E-state index is 12.8. The van der Waals surface area contributed by atoms with E-state index in [0.717, 1.165) is 10.9 Å². The van der Waals surface area contributed by atoms with Crippen LogP contribution in [0.4, 0.5) is 19.0 Å². The number of aromatic nitrogens is 4. The monoisotopic (exact) mass is 342 g/mol. The SMILES string of the molecule is CCC(=O)N1CCC(Nc2cc(C)nc3nc(C(F)(F)F)nn23)C1. The summed E-state index contributed by atoms with van der Waals surface area (Å²) >= 11 is 0. The Balaban J connectivity index is 1.87. The average Bonchev–Trinajstić information content (AvgIpc) is 3.12. The third-order valence-electron chi connectivity index (χ3n) is 3.89. The van der Waals surface area contributed by atoms with Gasteiger partial charge in [-0.1, -0.05) is 6.92 Å². The Morgan fingerprint density at radius 1 is 1.42 bits per heavy atom. The predicted molar refractivity (Wildman–Crippen MR) is 79.4 cm³/mol. The second-order valence-electron chi connectivity index (χ2n) is 5.75. The molecule has 10 heteroatoms. The van der Waals surface area contributed by atoms with Crippen LogP contribution < -0.4 is 5.32 Å². The molecule has 1 N–H and O–H groups in total. The van der Waals surface area contributed by atoms with Crippen LogP contribution in [0, 0.1) is 6.92 Å². The standard InChI is InChI=1S/C14H17F3N6O/c1-3-11(24)22-5-4-9(7-22)19-10-6-8(2)18-13-20-12(14(15,16)17)21-23(10)13/h6,9,19H,3-5,7H2,1-2H3. The molecular weight excluding hydrogens is 325 g/mol. The first-order valence-corrected chi connectivity index (χ1v) is 7.64. The highest BCUT2D eigenvalue weighted by molar-refractivity contribution is 5.76. The van der Waals surface area contributed by atoms with E-state index >= 15 is 0 Å². The maximum Gasteiger partial charge on any atom is 0.453 e. The van der Waals surface area contributed by atoms with E-state index < -0.39 is 12.0 Å². The van der Waals surface area contributed by atoms with E-state index in [1.807, 2.05) is 0 Å². The maximum atomic E-state index is 12.8. The van der Waals surface area contributed by atoms with Crippen molar-refractivity contribution in [3.63, 3.8) is 0 Å². The molecule has 7 nitrogen and oxygen atoms in total. The largest absolute Gasteiger partial charge is 0.453 e. The van der Waals surface area contributed by atoms with Crippen LogP contribution in [0.15, 0.2) is 6.07 Å². The number of nitrogens with one attached hydrogen (secondary N) is 1. The second kappa shape index (κ2) is 5.91. The number of carbonyl (C=O) groups is 1. The molecule has 0 aromatic carbocycles. The molecule has 130 valence electrons. The molecule has 1 unspecified atom stereocenters. The molecule has 1 fully saturated rings. The Kier molecular flexibility index (Phi) is 4.06. The zero-order chi connectivity index (χ0) is 17.5. The van der Waals surface area contributed by atoms with E-state index in [9.17, 15) is 18.0 Å². The zero-order valence-corrected chi connectivity index (χ0v) is 13.3. The Bertz CT molecular complexity index is 772. The molecule has 2 aromatic rings. The smallest absolute Gasteiger partial charge is 0.365 e. The highest BCUT2D eigenvalue weighted by Crippen LogP contribution is 2.27. The lowest BCUT2D eigenvalue weighted by atomic mass is 10.2. The number of hydrogen-bond acceptors (Lipinski definition) is 5. The lowest BCUT2D eigenvalue weighted by Gasteiger charge is -2.17. The van der Waals surface area contributed by atoms with Gasteiger partial charge >= 0.3 is 6.18 Å². The van der Waals surface area contributed by atoms with Crippen LogP contribution >= 0.6 is 0 Å². The van der Waals surface area contributed by atoms with Gasteiger partial charge in [0.1, 0.15) is 5.82 Å². The molecule has 0 saturated carbocycles. The fourth-order valence-corrected chi connectivity index (χ4v) is 2.75. The van der Waals surface area contributed by atoms with Crippen LogP contribution in [0.3, 0.4) is 0 Å². The van der Waals surface area contributed by atoms with E-state index in [1.54, 1.807) is 24.8 Å². The van der Waals surface area contributed by atoms with Gasteiger partial charge in [0.2, 0.25) is 5.91 Å². The first-order chi connectivity index (χ1) is 11.3. The summed E-state index contributed by atoms with van der Waals surface area (Å²) in [6.45, 7) is 4.61. The summed E-state index contributed by atoms with van der Waals surface area (Å²) in [7, 11) is 0. The van der Waals surface area contributed by atoms with Crippen molar-refractivity contribution in [1.29, 1.82) is 0 Å². The normalized spacial score (nSPS) is 18.4. The summed E-state index contributed by atoms with van der Waals surface area (Å²) in [6.07, 6.45) is -3.48. The summed E-state index contributed by atoms with van der Waals surface area (Å²) < 4.78 is 39.5. The van der Waals surface area contributed by atoms with Gasteiger partial charge in [-0.2, -0.15) is 22.7 Å². The van der Waals surface area contributed by atoms with Gasteiger partial charge < -0.3 is 10.2 Å². The summed E-state index contributed by atoms with van der Waals surface area (Å²) in [5, 5.41) is 6.67. The van der Waals surface area contributed by atoms with Crippen molar-refractivity contribution in [1.82, 2.24) is 24.5 Å². The van der Waals surface area contributed by atoms with Crippen molar-refractivity contribution in [2.45, 2.75) is 38.9 Å². The van der Waals surface area contributed by atoms with Crippen molar-refractivity contribution in [3.8, 4) is 0 Å². The number of aryl methyl sites for hydroxylation is 1. The number of anilines is 1. The van der Waals surface area contributed by atoms with Crippen molar-refractivity contribution in [3.05, 3.63) is 17.6 Å². The number of amides is 1. The third-order valence-corrected chi connectivity index (χ3v) is 3.89. The molecule has 0 aliphatic carbocycles. The zero-order valence-electron chi connectivity index (χ0n) is 13.3. The summed E-state index contributed by atoms with van der Waals surface area (Å²) in [6, 6.07) is 1.57. The Morgan fingerprint density at radius 2 is 2.17 bits per heavy atom. The van der Waals surface area contributed by atoms with Crippen molar-refractivity contribution < 1.29 is 18.0 Å². The fraction of sp³-hybridized carbons (Fsp3) is 0.571. The van der Waals surface area contributed by atoms with Gasteiger partial charge in [0.25, 0.3) is 11.6 Å². The topological polar surface area (TPSA) is 75.4 Å². The van der Waals surface area contributed by atoms with Gasteiger partial charge in [-0.25, -0.2) is 4.98 Å². The molecule has 0 spiro atoms. The van der Waals surface area contributed by atoms with E-state index in [4.69, 9.17) is 0 Å².